The first-order valence-corrected chi connectivity index (χ1v) is 6.83. The Bertz CT molecular complexity index is 621. The van der Waals surface area contributed by atoms with Crippen LogP contribution in [0.5, 0.6) is 5.75 Å². The van der Waals surface area contributed by atoms with Crippen LogP contribution in [0.3, 0.4) is 0 Å². The summed E-state index contributed by atoms with van der Waals surface area (Å²) in [6, 6.07) is 13.5. The Labute approximate surface area is 125 Å². The molecule has 4 heteroatoms. The third-order valence-electron chi connectivity index (χ3n) is 3.18. The predicted molar refractivity (Wildman–Crippen MR) is 84.8 cm³/mol. The Hall–Kier alpha value is -2.49. The van der Waals surface area contributed by atoms with Crippen LogP contribution in [0.15, 0.2) is 42.5 Å². The van der Waals surface area contributed by atoms with Crippen molar-refractivity contribution in [3.63, 3.8) is 0 Å². The maximum Gasteiger partial charge on any atom is 0.319 e. The number of anilines is 1. The molecule has 2 amide bonds. The van der Waals surface area contributed by atoms with Crippen molar-refractivity contribution in [3.05, 3.63) is 59.2 Å². The fourth-order valence-electron chi connectivity index (χ4n) is 1.97. The fourth-order valence-corrected chi connectivity index (χ4v) is 1.97. The molecule has 110 valence electrons. The van der Waals surface area contributed by atoms with Gasteiger partial charge < -0.3 is 15.4 Å². The molecule has 2 aromatic rings. The second-order valence-corrected chi connectivity index (χ2v) is 5.00. The van der Waals surface area contributed by atoms with E-state index in [0.29, 0.717) is 18.0 Å². The number of carbonyl (C=O) groups excluding carboxylic acids is 1. The molecule has 0 heterocycles. The summed E-state index contributed by atoms with van der Waals surface area (Å²) in [4.78, 5) is 12.0. The van der Waals surface area contributed by atoms with Crippen LogP contribution in [0.1, 0.15) is 16.7 Å². The van der Waals surface area contributed by atoms with E-state index in [2.05, 4.69) is 10.6 Å². The maximum absolute atomic E-state index is 12.0. The highest BCUT2D eigenvalue weighted by atomic mass is 16.5. The van der Waals surface area contributed by atoms with Gasteiger partial charge in [-0.25, -0.2) is 4.79 Å². The second-order valence-electron chi connectivity index (χ2n) is 5.00. The monoisotopic (exact) mass is 284 g/mol. The van der Waals surface area contributed by atoms with Gasteiger partial charge in [-0.1, -0.05) is 35.9 Å². The quantitative estimate of drug-likeness (QED) is 0.900. The van der Waals surface area contributed by atoms with Crippen LogP contribution < -0.4 is 15.4 Å². The van der Waals surface area contributed by atoms with Crippen molar-refractivity contribution in [2.75, 3.05) is 12.4 Å². The normalized spacial score (nSPS) is 10.0. The second kappa shape index (κ2) is 6.79. The molecule has 2 rings (SSSR count). The Morgan fingerprint density at radius 2 is 1.71 bits per heavy atom. The van der Waals surface area contributed by atoms with Gasteiger partial charge in [0.2, 0.25) is 0 Å². The number of benzene rings is 2. The molecule has 0 unspecified atom stereocenters. The summed E-state index contributed by atoms with van der Waals surface area (Å²) in [6.45, 7) is 4.49. The van der Waals surface area contributed by atoms with E-state index < -0.39 is 0 Å². The van der Waals surface area contributed by atoms with Crippen LogP contribution in [0.25, 0.3) is 0 Å². The summed E-state index contributed by atoms with van der Waals surface area (Å²) in [7, 11) is 1.58. The van der Waals surface area contributed by atoms with E-state index in [1.807, 2.05) is 56.3 Å². The highest BCUT2D eigenvalue weighted by Gasteiger charge is 2.07. The largest absolute Gasteiger partial charge is 0.495 e. The van der Waals surface area contributed by atoms with Gasteiger partial charge in [-0.15, -0.1) is 0 Å². The molecule has 0 saturated heterocycles. The minimum Gasteiger partial charge on any atom is -0.495 e. The van der Waals surface area contributed by atoms with Gasteiger partial charge in [-0.05, 0) is 37.1 Å². The summed E-state index contributed by atoms with van der Waals surface area (Å²) in [5.74, 6) is 0.645. The number of nitrogens with one attached hydrogen (secondary N) is 2. The lowest BCUT2D eigenvalue weighted by Gasteiger charge is -2.12. The lowest BCUT2D eigenvalue weighted by atomic mass is 10.1. The maximum atomic E-state index is 12.0. The number of urea groups is 1. The molecule has 0 radical (unpaired) electrons. The van der Waals surface area contributed by atoms with Gasteiger partial charge in [0, 0.05) is 6.54 Å². The molecule has 0 bridgehead atoms. The van der Waals surface area contributed by atoms with E-state index >= 15 is 0 Å². The SMILES string of the molecule is COc1ccc(C)cc1NC(=O)NCc1ccc(C)cc1. The zero-order valence-electron chi connectivity index (χ0n) is 12.6. The Morgan fingerprint density at radius 3 is 2.38 bits per heavy atom. The molecule has 4 nitrogen and oxygen atoms in total. The van der Waals surface area contributed by atoms with E-state index in [-0.39, 0.29) is 6.03 Å². The van der Waals surface area contributed by atoms with Gasteiger partial charge in [-0.2, -0.15) is 0 Å². The van der Waals surface area contributed by atoms with Crippen molar-refractivity contribution in [2.45, 2.75) is 20.4 Å². The van der Waals surface area contributed by atoms with Crippen molar-refractivity contribution >= 4 is 11.7 Å². The molecule has 0 aliphatic heterocycles. The zero-order valence-corrected chi connectivity index (χ0v) is 12.6. The lowest BCUT2D eigenvalue weighted by molar-refractivity contribution is 0.251. The molecule has 2 N–H and O–H groups in total. The van der Waals surface area contributed by atoms with Crippen molar-refractivity contribution < 1.29 is 9.53 Å². The Balaban J connectivity index is 1.95. The molecular formula is C17H20N2O2. The fraction of sp³-hybridized carbons (Fsp3) is 0.235. The van der Waals surface area contributed by atoms with Crippen molar-refractivity contribution in [3.8, 4) is 5.75 Å². The molecule has 2 aromatic carbocycles. The van der Waals surface area contributed by atoms with Gasteiger partial charge >= 0.3 is 6.03 Å². The Morgan fingerprint density at radius 1 is 1.05 bits per heavy atom. The Kier molecular flexibility index (Phi) is 4.82. The summed E-state index contributed by atoms with van der Waals surface area (Å²) >= 11 is 0. The standard InChI is InChI=1S/C17H20N2O2/c1-12-4-7-14(8-5-12)11-18-17(20)19-15-10-13(2)6-9-16(15)21-3/h4-10H,11H2,1-3H3,(H2,18,19,20). The average molecular weight is 284 g/mol. The number of aryl methyl sites for hydroxylation is 2. The molecule has 0 saturated carbocycles. The van der Waals surface area contributed by atoms with E-state index in [1.165, 1.54) is 5.56 Å². The van der Waals surface area contributed by atoms with Crippen LogP contribution in [0, 0.1) is 13.8 Å². The van der Waals surface area contributed by atoms with E-state index in [4.69, 9.17) is 4.74 Å². The highest BCUT2D eigenvalue weighted by Crippen LogP contribution is 2.24. The molecule has 0 fully saturated rings. The molecule has 0 atom stereocenters. The number of hydrogen-bond acceptors (Lipinski definition) is 2. The van der Waals surface area contributed by atoms with Crippen LogP contribution in [-0.2, 0) is 6.54 Å². The minimum atomic E-state index is -0.250. The summed E-state index contributed by atoms with van der Waals surface area (Å²) in [6.07, 6.45) is 0. The molecule has 21 heavy (non-hydrogen) atoms. The van der Waals surface area contributed by atoms with Crippen LogP contribution in [-0.4, -0.2) is 13.1 Å². The number of carbonyl (C=O) groups is 1. The van der Waals surface area contributed by atoms with Gasteiger partial charge in [0.25, 0.3) is 0 Å². The first kappa shape index (κ1) is 14.9. The highest BCUT2D eigenvalue weighted by molar-refractivity contribution is 5.91. The number of hydrogen-bond donors (Lipinski definition) is 2. The van der Waals surface area contributed by atoms with Gasteiger partial charge in [-0.3, -0.25) is 0 Å². The van der Waals surface area contributed by atoms with E-state index in [1.54, 1.807) is 7.11 Å². The van der Waals surface area contributed by atoms with Crippen molar-refractivity contribution in [2.24, 2.45) is 0 Å². The van der Waals surface area contributed by atoms with Gasteiger partial charge in [0.1, 0.15) is 5.75 Å². The molecular weight excluding hydrogens is 264 g/mol. The molecule has 0 aromatic heterocycles. The average Bonchev–Trinajstić information content (AvgIpc) is 2.47. The number of rotatable bonds is 4. The summed E-state index contributed by atoms with van der Waals surface area (Å²) in [5.41, 5.74) is 3.99. The van der Waals surface area contributed by atoms with Crippen LogP contribution >= 0.6 is 0 Å². The predicted octanol–water partition coefficient (Wildman–Crippen LogP) is 3.63. The first-order chi connectivity index (χ1) is 10.1. The van der Waals surface area contributed by atoms with Gasteiger partial charge in [0.15, 0.2) is 0 Å². The number of ether oxygens (including phenoxy) is 1. The van der Waals surface area contributed by atoms with Crippen LogP contribution in [0.2, 0.25) is 0 Å². The van der Waals surface area contributed by atoms with E-state index in [9.17, 15) is 4.79 Å². The van der Waals surface area contributed by atoms with Crippen molar-refractivity contribution in [1.82, 2.24) is 5.32 Å². The topological polar surface area (TPSA) is 50.4 Å². The lowest BCUT2D eigenvalue weighted by Crippen LogP contribution is -2.28. The molecule has 0 aliphatic carbocycles. The number of amides is 2. The van der Waals surface area contributed by atoms with Gasteiger partial charge in [0.05, 0.1) is 12.8 Å². The summed E-state index contributed by atoms with van der Waals surface area (Å²) < 4.78 is 5.23. The third-order valence-corrected chi connectivity index (χ3v) is 3.18. The molecule has 0 spiro atoms. The smallest absolute Gasteiger partial charge is 0.319 e. The van der Waals surface area contributed by atoms with E-state index in [0.717, 1.165) is 11.1 Å². The van der Waals surface area contributed by atoms with Crippen molar-refractivity contribution in [1.29, 1.82) is 0 Å². The first-order valence-electron chi connectivity index (χ1n) is 6.83. The summed E-state index contributed by atoms with van der Waals surface area (Å²) in [5, 5.41) is 5.64. The van der Waals surface area contributed by atoms with Crippen LogP contribution in [0.4, 0.5) is 10.5 Å². The third kappa shape index (κ3) is 4.24. The molecule has 0 aliphatic rings. The minimum absolute atomic E-state index is 0.250. The zero-order chi connectivity index (χ0) is 15.2. The number of methoxy groups -OCH3 is 1.